The van der Waals surface area contributed by atoms with E-state index in [2.05, 4.69) is 21.2 Å². The third kappa shape index (κ3) is 7.23. The second kappa shape index (κ2) is 8.61. The number of hydrogen-bond donors (Lipinski definition) is 2. The number of benzene rings is 1. The van der Waals surface area contributed by atoms with Crippen LogP contribution in [0.15, 0.2) is 28.7 Å². The molecule has 20 heavy (non-hydrogen) atoms. The fourth-order valence-corrected chi connectivity index (χ4v) is 2.43. The second-order valence-electron chi connectivity index (χ2n) is 4.36. The fraction of sp³-hybridized carbons (Fsp3) is 0.538. The van der Waals surface area contributed by atoms with Gasteiger partial charge in [0.25, 0.3) is 0 Å². The third-order valence-corrected chi connectivity index (χ3v) is 4.90. The molecule has 1 aromatic carbocycles. The Hall–Kier alpha value is -0.630. The van der Waals surface area contributed by atoms with E-state index >= 15 is 0 Å². The van der Waals surface area contributed by atoms with Crippen molar-refractivity contribution in [3.05, 3.63) is 28.7 Å². The van der Waals surface area contributed by atoms with Gasteiger partial charge in [0.1, 0.15) is 18.5 Å². The molecule has 5 nitrogen and oxygen atoms in total. The van der Waals surface area contributed by atoms with E-state index in [0.29, 0.717) is 18.8 Å². The minimum absolute atomic E-state index is 0.0871. The van der Waals surface area contributed by atoms with Crippen LogP contribution in [0.1, 0.15) is 6.92 Å². The summed E-state index contributed by atoms with van der Waals surface area (Å²) in [6.07, 6.45) is -0.678. The van der Waals surface area contributed by atoms with Crippen molar-refractivity contribution in [3.63, 3.8) is 0 Å². The molecule has 1 aromatic rings. The highest BCUT2D eigenvalue weighted by Crippen LogP contribution is 2.16. The first-order valence-electron chi connectivity index (χ1n) is 6.40. The molecule has 1 atom stereocenters. The number of nitrogens with one attached hydrogen (secondary N) is 1. The zero-order valence-corrected chi connectivity index (χ0v) is 13.8. The average molecular weight is 366 g/mol. The fourth-order valence-electron chi connectivity index (χ4n) is 1.42. The summed E-state index contributed by atoms with van der Waals surface area (Å²) >= 11 is 3.33. The molecule has 1 unspecified atom stereocenters. The van der Waals surface area contributed by atoms with Gasteiger partial charge in [-0.3, -0.25) is 0 Å². The molecule has 0 amide bonds. The van der Waals surface area contributed by atoms with Gasteiger partial charge < -0.3 is 15.2 Å². The lowest BCUT2D eigenvalue weighted by Gasteiger charge is -2.13. The zero-order chi connectivity index (χ0) is 15.0. The summed E-state index contributed by atoms with van der Waals surface area (Å²) in [5.74, 6) is 0.911. The van der Waals surface area contributed by atoms with E-state index < -0.39 is 15.9 Å². The first-order chi connectivity index (χ1) is 9.43. The monoisotopic (exact) mass is 365 g/mol. The summed E-state index contributed by atoms with van der Waals surface area (Å²) in [4.78, 5) is 0. The van der Waals surface area contributed by atoms with Crippen LogP contribution in [0.5, 0.6) is 5.75 Å². The molecule has 2 N–H and O–H groups in total. The Morgan fingerprint density at radius 2 is 2.00 bits per heavy atom. The van der Waals surface area contributed by atoms with E-state index in [9.17, 15) is 13.5 Å². The molecule has 0 radical (unpaired) electrons. The van der Waals surface area contributed by atoms with E-state index in [1.165, 1.54) is 0 Å². The van der Waals surface area contributed by atoms with Crippen LogP contribution >= 0.6 is 15.9 Å². The number of hydrogen-bond acceptors (Lipinski definition) is 5. The number of aliphatic hydroxyl groups excluding tert-OH is 1. The molecule has 0 saturated heterocycles. The topological polar surface area (TPSA) is 75.6 Å². The van der Waals surface area contributed by atoms with Crippen LogP contribution in [0.4, 0.5) is 0 Å². The number of aliphatic hydroxyl groups is 1. The smallest absolute Gasteiger partial charge is 0.151 e. The largest absolute Gasteiger partial charge is 0.491 e. The Morgan fingerprint density at radius 1 is 1.35 bits per heavy atom. The van der Waals surface area contributed by atoms with Gasteiger partial charge in [0.15, 0.2) is 9.84 Å². The normalized spacial score (nSPS) is 13.2. The average Bonchev–Trinajstić information content (AvgIpc) is 2.43. The van der Waals surface area contributed by atoms with E-state index in [1.54, 1.807) is 19.1 Å². The van der Waals surface area contributed by atoms with Gasteiger partial charge in [0.05, 0.1) is 5.75 Å². The molecule has 1 rings (SSSR count). The number of sulfone groups is 1. The molecular formula is C13H20BrNO4S. The van der Waals surface area contributed by atoms with Gasteiger partial charge in [-0.1, -0.05) is 22.9 Å². The maximum Gasteiger partial charge on any atom is 0.151 e. The van der Waals surface area contributed by atoms with Gasteiger partial charge in [-0.2, -0.15) is 0 Å². The van der Waals surface area contributed by atoms with Crippen LogP contribution < -0.4 is 10.1 Å². The summed E-state index contributed by atoms with van der Waals surface area (Å²) < 4.78 is 28.9. The number of ether oxygens (including phenoxy) is 1. The minimum Gasteiger partial charge on any atom is -0.491 e. The quantitative estimate of drug-likeness (QED) is 0.643. The van der Waals surface area contributed by atoms with Crippen LogP contribution in [0.3, 0.4) is 0 Å². The van der Waals surface area contributed by atoms with E-state index in [0.717, 1.165) is 4.47 Å². The van der Waals surface area contributed by atoms with Gasteiger partial charge in [-0.15, -0.1) is 0 Å². The Kier molecular flexibility index (Phi) is 7.50. The first kappa shape index (κ1) is 17.4. The molecule has 114 valence electrons. The highest BCUT2D eigenvalue weighted by Gasteiger charge is 2.08. The van der Waals surface area contributed by atoms with Crippen molar-refractivity contribution >= 4 is 25.8 Å². The molecule has 0 saturated carbocycles. The van der Waals surface area contributed by atoms with Crippen molar-refractivity contribution in [1.29, 1.82) is 0 Å². The van der Waals surface area contributed by atoms with Crippen LogP contribution in [-0.4, -0.2) is 50.8 Å². The second-order valence-corrected chi connectivity index (χ2v) is 7.75. The molecule has 0 aliphatic carbocycles. The van der Waals surface area contributed by atoms with Crippen LogP contribution in [0, 0.1) is 0 Å². The third-order valence-electron chi connectivity index (χ3n) is 2.67. The summed E-state index contributed by atoms with van der Waals surface area (Å²) in [5.41, 5.74) is 0. The van der Waals surface area contributed by atoms with Crippen molar-refractivity contribution in [2.75, 3.05) is 31.2 Å². The molecule has 0 heterocycles. The molecule has 0 aliphatic rings. The summed E-state index contributed by atoms with van der Waals surface area (Å²) in [7, 11) is -2.96. The summed E-state index contributed by atoms with van der Waals surface area (Å²) in [6, 6.07) is 7.32. The van der Waals surface area contributed by atoms with Crippen molar-refractivity contribution in [3.8, 4) is 5.75 Å². The SMILES string of the molecule is CCS(=O)(=O)CCNCC(O)COc1ccc(Br)cc1. The lowest BCUT2D eigenvalue weighted by Crippen LogP contribution is -2.34. The Morgan fingerprint density at radius 3 is 2.60 bits per heavy atom. The lowest BCUT2D eigenvalue weighted by molar-refractivity contribution is 0.107. The maximum atomic E-state index is 11.3. The van der Waals surface area contributed by atoms with Crippen LogP contribution in [0.2, 0.25) is 0 Å². The molecular weight excluding hydrogens is 346 g/mol. The molecule has 7 heteroatoms. The van der Waals surface area contributed by atoms with E-state index in [-0.39, 0.29) is 18.1 Å². The maximum absolute atomic E-state index is 11.3. The summed E-state index contributed by atoms with van der Waals surface area (Å²) in [5, 5.41) is 12.6. The molecule has 0 spiro atoms. The first-order valence-corrected chi connectivity index (χ1v) is 9.02. The van der Waals surface area contributed by atoms with Gasteiger partial charge in [-0.25, -0.2) is 8.42 Å². The number of rotatable bonds is 9. The van der Waals surface area contributed by atoms with Crippen molar-refractivity contribution < 1.29 is 18.3 Å². The Labute approximate surface area is 128 Å². The highest BCUT2D eigenvalue weighted by atomic mass is 79.9. The van der Waals surface area contributed by atoms with Crippen molar-refractivity contribution in [1.82, 2.24) is 5.32 Å². The van der Waals surface area contributed by atoms with E-state index in [4.69, 9.17) is 4.74 Å². The van der Waals surface area contributed by atoms with Gasteiger partial charge in [-0.05, 0) is 24.3 Å². The Bertz CT molecular complexity index is 490. The predicted molar refractivity (Wildman–Crippen MR) is 82.8 cm³/mol. The molecule has 0 bridgehead atoms. The van der Waals surface area contributed by atoms with E-state index in [1.807, 2.05) is 12.1 Å². The lowest BCUT2D eigenvalue weighted by atomic mass is 10.3. The molecule has 0 aromatic heterocycles. The van der Waals surface area contributed by atoms with Crippen molar-refractivity contribution in [2.24, 2.45) is 0 Å². The zero-order valence-electron chi connectivity index (χ0n) is 11.4. The Balaban J connectivity index is 2.17. The number of halogens is 1. The van der Waals surface area contributed by atoms with Gasteiger partial charge in [0.2, 0.25) is 0 Å². The standard InChI is InChI=1S/C13H20BrNO4S/c1-2-20(17,18)8-7-15-9-12(16)10-19-13-5-3-11(14)4-6-13/h3-6,12,15-16H,2,7-10H2,1H3. The molecule has 0 aliphatic heterocycles. The molecule has 0 fully saturated rings. The minimum atomic E-state index is -2.96. The van der Waals surface area contributed by atoms with Crippen molar-refractivity contribution in [2.45, 2.75) is 13.0 Å². The van der Waals surface area contributed by atoms with Gasteiger partial charge in [0, 0.05) is 23.3 Å². The van der Waals surface area contributed by atoms with Gasteiger partial charge >= 0.3 is 0 Å². The van der Waals surface area contributed by atoms with Crippen LogP contribution in [-0.2, 0) is 9.84 Å². The highest BCUT2D eigenvalue weighted by molar-refractivity contribution is 9.10. The predicted octanol–water partition coefficient (Wildman–Crippen LogP) is 1.21. The summed E-state index contributed by atoms with van der Waals surface area (Å²) in [6.45, 7) is 2.42. The van der Waals surface area contributed by atoms with Crippen LogP contribution in [0.25, 0.3) is 0 Å².